The van der Waals surface area contributed by atoms with Crippen LogP contribution in [0.25, 0.3) is 0 Å². The van der Waals surface area contributed by atoms with Gasteiger partial charge in [-0.1, -0.05) is 34.1 Å². The number of para-hydroxylation sites is 1. The summed E-state index contributed by atoms with van der Waals surface area (Å²) in [6.07, 6.45) is -0.677. The van der Waals surface area contributed by atoms with E-state index in [1.54, 1.807) is 42.5 Å². The predicted molar refractivity (Wildman–Crippen MR) is 124 cm³/mol. The summed E-state index contributed by atoms with van der Waals surface area (Å²) in [5.74, 6) is 0.841. The van der Waals surface area contributed by atoms with E-state index >= 15 is 0 Å². The van der Waals surface area contributed by atoms with Gasteiger partial charge in [-0.25, -0.2) is 5.01 Å². The highest BCUT2D eigenvalue weighted by Crippen LogP contribution is 2.38. The monoisotopic (exact) mass is 509 g/mol. The number of anilines is 1. The SMILES string of the molecule is CCOc1ccccc1C(=O)NN1C(=O)c2cc(Br)ccc2NC1c1ccc2c(c1)OCO2. The molecule has 1 atom stereocenters. The summed E-state index contributed by atoms with van der Waals surface area (Å²) in [7, 11) is 0. The van der Waals surface area contributed by atoms with Crippen LogP contribution < -0.4 is 25.0 Å². The number of hydrogen-bond acceptors (Lipinski definition) is 6. The molecule has 33 heavy (non-hydrogen) atoms. The number of amides is 2. The number of rotatable bonds is 5. The molecule has 0 radical (unpaired) electrons. The Morgan fingerprint density at radius 1 is 1.15 bits per heavy atom. The lowest BCUT2D eigenvalue weighted by atomic mass is 10.0. The maximum Gasteiger partial charge on any atom is 0.276 e. The minimum Gasteiger partial charge on any atom is -0.493 e. The first-order chi connectivity index (χ1) is 16.0. The van der Waals surface area contributed by atoms with Gasteiger partial charge < -0.3 is 19.5 Å². The summed E-state index contributed by atoms with van der Waals surface area (Å²) in [4.78, 5) is 26.8. The lowest BCUT2D eigenvalue weighted by Gasteiger charge is -2.38. The topological polar surface area (TPSA) is 89.1 Å². The van der Waals surface area contributed by atoms with E-state index in [-0.39, 0.29) is 12.7 Å². The highest BCUT2D eigenvalue weighted by Gasteiger charge is 2.36. The van der Waals surface area contributed by atoms with Crippen molar-refractivity contribution in [3.63, 3.8) is 0 Å². The molecule has 8 nitrogen and oxygen atoms in total. The van der Waals surface area contributed by atoms with E-state index < -0.39 is 12.1 Å². The second-order valence-electron chi connectivity index (χ2n) is 7.39. The highest BCUT2D eigenvalue weighted by atomic mass is 79.9. The molecule has 3 aromatic rings. The molecule has 0 bridgehead atoms. The molecule has 0 fully saturated rings. The second-order valence-corrected chi connectivity index (χ2v) is 8.31. The molecule has 0 saturated carbocycles. The van der Waals surface area contributed by atoms with E-state index in [1.165, 1.54) is 5.01 Å². The molecule has 9 heteroatoms. The predicted octanol–water partition coefficient (Wildman–Crippen LogP) is 4.49. The van der Waals surface area contributed by atoms with Crippen molar-refractivity contribution in [3.05, 3.63) is 81.8 Å². The summed E-state index contributed by atoms with van der Waals surface area (Å²) < 4.78 is 17.3. The molecule has 1 unspecified atom stereocenters. The number of carbonyl (C=O) groups is 2. The largest absolute Gasteiger partial charge is 0.493 e. The van der Waals surface area contributed by atoms with Crippen LogP contribution in [-0.2, 0) is 0 Å². The number of nitrogens with one attached hydrogen (secondary N) is 2. The molecule has 5 rings (SSSR count). The Morgan fingerprint density at radius 3 is 2.82 bits per heavy atom. The van der Waals surface area contributed by atoms with Crippen molar-refractivity contribution in [2.45, 2.75) is 13.1 Å². The average Bonchev–Trinajstić information content (AvgIpc) is 3.29. The van der Waals surface area contributed by atoms with Crippen molar-refractivity contribution in [2.24, 2.45) is 0 Å². The van der Waals surface area contributed by atoms with Crippen LogP contribution in [0.3, 0.4) is 0 Å². The maximum absolute atomic E-state index is 13.5. The first kappa shape index (κ1) is 21.1. The first-order valence-electron chi connectivity index (χ1n) is 10.4. The van der Waals surface area contributed by atoms with E-state index in [9.17, 15) is 9.59 Å². The van der Waals surface area contributed by atoms with E-state index in [1.807, 2.05) is 25.1 Å². The second kappa shape index (κ2) is 8.67. The number of ether oxygens (including phenoxy) is 3. The van der Waals surface area contributed by atoms with Gasteiger partial charge in [0.15, 0.2) is 11.5 Å². The Morgan fingerprint density at radius 2 is 1.97 bits per heavy atom. The lowest BCUT2D eigenvalue weighted by molar-refractivity contribution is 0.0489. The normalized spacial score (nSPS) is 16.1. The summed E-state index contributed by atoms with van der Waals surface area (Å²) in [6, 6.07) is 17.7. The fraction of sp³-hybridized carbons (Fsp3) is 0.167. The van der Waals surface area contributed by atoms with Gasteiger partial charge in [-0.15, -0.1) is 0 Å². The number of hydrogen-bond donors (Lipinski definition) is 2. The van der Waals surface area contributed by atoms with Crippen LogP contribution in [0.5, 0.6) is 17.2 Å². The quantitative estimate of drug-likeness (QED) is 0.526. The maximum atomic E-state index is 13.5. The van der Waals surface area contributed by atoms with Crippen LogP contribution in [0.4, 0.5) is 5.69 Å². The molecule has 0 aliphatic carbocycles. The number of carbonyl (C=O) groups excluding carboxylic acids is 2. The van der Waals surface area contributed by atoms with E-state index in [0.29, 0.717) is 40.7 Å². The molecular formula is C24H20BrN3O5. The smallest absolute Gasteiger partial charge is 0.276 e. The summed E-state index contributed by atoms with van der Waals surface area (Å²) in [5, 5.41) is 4.64. The number of halogens is 1. The molecule has 168 valence electrons. The van der Waals surface area contributed by atoms with E-state index in [4.69, 9.17) is 14.2 Å². The van der Waals surface area contributed by atoms with Crippen molar-refractivity contribution < 1.29 is 23.8 Å². The number of fused-ring (bicyclic) bond motifs is 2. The van der Waals surface area contributed by atoms with Crippen LogP contribution in [0.1, 0.15) is 39.4 Å². The van der Waals surface area contributed by atoms with Gasteiger partial charge in [0, 0.05) is 15.7 Å². The van der Waals surface area contributed by atoms with Gasteiger partial charge in [0.25, 0.3) is 11.8 Å². The molecule has 0 spiro atoms. The van der Waals surface area contributed by atoms with E-state index in [2.05, 4.69) is 26.7 Å². The molecule has 0 aromatic heterocycles. The Hall–Kier alpha value is -3.72. The van der Waals surface area contributed by atoms with Crippen molar-refractivity contribution in [1.29, 1.82) is 0 Å². The summed E-state index contributed by atoms with van der Waals surface area (Å²) >= 11 is 3.41. The lowest BCUT2D eigenvalue weighted by Crippen LogP contribution is -2.52. The van der Waals surface area contributed by atoms with E-state index in [0.717, 1.165) is 10.0 Å². The zero-order chi connectivity index (χ0) is 22.9. The fourth-order valence-electron chi connectivity index (χ4n) is 3.81. The Labute approximate surface area is 198 Å². The first-order valence-corrected chi connectivity index (χ1v) is 11.2. The number of nitrogens with zero attached hydrogens (tertiary/aromatic N) is 1. The van der Waals surface area contributed by atoms with Crippen LogP contribution in [-0.4, -0.2) is 30.2 Å². The number of hydrazine groups is 1. The molecule has 2 heterocycles. The van der Waals surface area contributed by atoms with Crippen LogP contribution >= 0.6 is 15.9 Å². The zero-order valence-electron chi connectivity index (χ0n) is 17.6. The van der Waals surface area contributed by atoms with Crippen LogP contribution in [0, 0.1) is 0 Å². The minimum atomic E-state index is -0.677. The molecule has 2 aliphatic rings. The van der Waals surface area contributed by atoms with Gasteiger partial charge in [0.2, 0.25) is 6.79 Å². The Kier molecular flexibility index (Phi) is 5.55. The van der Waals surface area contributed by atoms with Crippen LogP contribution in [0.2, 0.25) is 0 Å². The standard InChI is InChI=1S/C24H20BrN3O5/c1-2-31-19-6-4-3-5-16(19)23(29)27-28-22(14-7-10-20-21(11-14)33-13-32-20)26-18-9-8-15(25)12-17(18)24(28)30/h3-12,22,26H,2,13H2,1H3,(H,27,29). The van der Waals surface area contributed by atoms with Gasteiger partial charge >= 0.3 is 0 Å². The third-order valence-electron chi connectivity index (χ3n) is 5.35. The summed E-state index contributed by atoms with van der Waals surface area (Å²) in [6.45, 7) is 2.40. The minimum absolute atomic E-state index is 0.140. The van der Waals surface area contributed by atoms with Crippen LogP contribution in [0.15, 0.2) is 65.1 Å². The van der Waals surface area contributed by atoms with Gasteiger partial charge in [0.1, 0.15) is 11.9 Å². The van der Waals surface area contributed by atoms with Gasteiger partial charge in [-0.05, 0) is 49.4 Å². The average molecular weight is 510 g/mol. The zero-order valence-corrected chi connectivity index (χ0v) is 19.2. The molecular weight excluding hydrogens is 490 g/mol. The van der Waals surface area contributed by atoms with Crippen molar-refractivity contribution in [3.8, 4) is 17.2 Å². The fourth-order valence-corrected chi connectivity index (χ4v) is 4.18. The molecule has 3 aromatic carbocycles. The van der Waals surface area contributed by atoms with Crippen molar-refractivity contribution >= 4 is 33.4 Å². The van der Waals surface area contributed by atoms with Gasteiger partial charge in [-0.2, -0.15) is 0 Å². The third-order valence-corrected chi connectivity index (χ3v) is 5.84. The van der Waals surface area contributed by atoms with Gasteiger partial charge in [0.05, 0.1) is 17.7 Å². The summed E-state index contributed by atoms with van der Waals surface area (Å²) in [5.41, 5.74) is 4.92. The van der Waals surface area contributed by atoms with Crippen molar-refractivity contribution in [2.75, 3.05) is 18.7 Å². The molecule has 2 N–H and O–H groups in total. The Balaban J connectivity index is 1.53. The molecule has 2 amide bonds. The Bertz CT molecular complexity index is 1250. The number of benzene rings is 3. The van der Waals surface area contributed by atoms with Gasteiger partial charge in [-0.3, -0.25) is 15.0 Å². The molecule has 0 saturated heterocycles. The highest BCUT2D eigenvalue weighted by molar-refractivity contribution is 9.10. The molecule has 2 aliphatic heterocycles. The third kappa shape index (κ3) is 3.95. The van der Waals surface area contributed by atoms with Crippen molar-refractivity contribution in [1.82, 2.24) is 10.4 Å².